The fourth-order valence-electron chi connectivity index (χ4n) is 4.46. The molecule has 31 heavy (non-hydrogen) atoms. The molecule has 1 aliphatic rings. The minimum Gasteiger partial charge on any atom is -0.496 e. The van der Waals surface area contributed by atoms with E-state index in [-0.39, 0.29) is 5.69 Å². The van der Waals surface area contributed by atoms with E-state index in [1.165, 1.54) is 20.5 Å². The van der Waals surface area contributed by atoms with Gasteiger partial charge < -0.3 is 9.57 Å². The van der Waals surface area contributed by atoms with Crippen LogP contribution < -0.4 is 16.3 Å². The average Bonchev–Trinajstić information content (AvgIpc) is 3.41. The molecule has 8 nitrogen and oxygen atoms in total. The minimum atomic E-state index is -0.339. The lowest BCUT2D eigenvalue weighted by Crippen LogP contribution is -2.23. The van der Waals surface area contributed by atoms with Crippen LogP contribution in [-0.2, 0) is 31.1 Å². The van der Waals surface area contributed by atoms with Gasteiger partial charge in [0.2, 0.25) is 0 Å². The van der Waals surface area contributed by atoms with Gasteiger partial charge in [0, 0.05) is 18.2 Å². The van der Waals surface area contributed by atoms with Crippen LogP contribution in [0, 0.1) is 0 Å². The fraction of sp³-hybridized carbons (Fsp3) is 0.348. The van der Waals surface area contributed by atoms with E-state index >= 15 is 0 Å². The Morgan fingerprint density at radius 2 is 1.94 bits per heavy atom. The maximum Gasteiger partial charge on any atom is 0.368 e. The van der Waals surface area contributed by atoms with E-state index in [1.807, 2.05) is 31.2 Å². The van der Waals surface area contributed by atoms with E-state index in [1.54, 1.807) is 14.2 Å². The summed E-state index contributed by atoms with van der Waals surface area (Å²) in [5.41, 5.74) is 6.48. The maximum absolute atomic E-state index is 12.6. The second-order valence-electron chi connectivity index (χ2n) is 7.66. The van der Waals surface area contributed by atoms with Gasteiger partial charge in [0.1, 0.15) is 5.75 Å². The van der Waals surface area contributed by atoms with E-state index in [2.05, 4.69) is 23.4 Å². The number of hydrogen-bond donors (Lipinski definition) is 1. The monoisotopic (exact) mass is 421 g/mol. The van der Waals surface area contributed by atoms with E-state index in [4.69, 9.17) is 15.5 Å². The van der Waals surface area contributed by atoms with Crippen LogP contribution in [0.5, 0.6) is 5.75 Å². The topological polar surface area (TPSA) is 97.2 Å². The molecule has 1 heterocycles. The molecule has 0 radical (unpaired) electrons. The SMILES string of the molecule is CCc1cccc(-n2nnn(C)c2=O)c1/C(ON)=C(/C)c1ccc(OC)c2c1CCC2. The van der Waals surface area contributed by atoms with Crippen molar-refractivity contribution in [2.24, 2.45) is 12.9 Å². The van der Waals surface area contributed by atoms with E-state index < -0.39 is 0 Å². The van der Waals surface area contributed by atoms with Crippen molar-refractivity contribution in [3.8, 4) is 11.4 Å². The Hall–Kier alpha value is -3.39. The number of aryl methyl sites for hydroxylation is 2. The lowest BCUT2D eigenvalue weighted by Gasteiger charge is -2.19. The zero-order valence-corrected chi connectivity index (χ0v) is 18.3. The molecule has 0 bridgehead atoms. The van der Waals surface area contributed by atoms with Crippen LogP contribution in [0.3, 0.4) is 0 Å². The standard InChI is InChI=1S/C23H27N5O3/c1-5-15-8-6-11-19(28-23(29)27(3)25-26-28)21(15)22(31-24)14(2)16-12-13-20(30-4)18-10-7-9-17(16)18/h6,8,11-13H,5,7,9-10,24H2,1-4H3/b22-14+. The van der Waals surface area contributed by atoms with Crippen molar-refractivity contribution in [3.05, 3.63) is 68.6 Å². The highest BCUT2D eigenvalue weighted by Gasteiger charge is 2.25. The lowest BCUT2D eigenvalue weighted by atomic mass is 9.92. The summed E-state index contributed by atoms with van der Waals surface area (Å²) in [6, 6.07) is 9.78. The van der Waals surface area contributed by atoms with Crippen molar-refractivity contribution < 1.29 is 9.57 Å². The third kappa shape index (κ3) is 3.42. The third-order valence-corrected chi connectivity index (χ3v) is 6.01. The molecule has 4 rings (SSSR count). The molecular weight excluding hydrogens is 394 g/mol. The first-order chi connectivity index (χ1) is 15.0. The van der Waals surface area contributed by atoms with Gasteiger partial charge in [-0.25, -0.2) is 4.79 Å². The number of methoxy groups -OCH3 is 1. The largest absolute Gasteiger partial charge is 0.496 e. The number of allylic oxidation sites excluding steroid dienone is 1. The first kappa shape index (κ1) is 20.9. The number of tetrazole rings is 1. The predicted octanol–water partition coefficient (Wildman–Crippen LogP) is 2.80. The average molecular weight is 422 g/mol. The van der Waals surface area contributed by atoms with Crippen molar-refractivity contribution in [1.82, 2.24) is 19.8 Å². The molecule has 0 fully saturated rings. The van der Waals surface area contributed by atoms with Crippen molar-refractivity contribution in [2.45, 2.75) is 39.5 Å². The summed E-state index contributed by atoms with van der Waals surface area (Å²) in [6.07, 6.45) is 3.78. The van der Waals surface area contributed by atoms with Gasteiger partial charge >= 0.3 is 5.69 Å². The van der Waals surface area contributed by atoms with Gasteiger partial charge in [0.25, 0.3) is 0 Å². The van der Waals surface area contributed by atoms with Crippen LogP contribution in [0.2, 0.25) is 0 Å². The Morgan fingerprint density at radius 1 is 1.16 bits per heavy atom. The predicted molar refractivity (Wildman–Crippen MR) is 119 cm³/mol. The molecule has 162 valence electrons. The van der Waals surface area contributed by atoms with Crippen LogP contribution in [0.15, 0.2) is 35.1 Å². The highest BCUT2D eigenvalue weighted by atomic mass is 16.6. The molecule has 1 aromatic heterocycles. The molecule has 0 spiro atoms. The normalized spacial score (nSPS) is 13.7. The van der Waals surface area contributed by atoms with Crippen LogP contribution >= 0.6 is 0 Å². The molecule has 8 heteroatoms. The zero-order valence-electron chi connectivity index (χ0n) is 18.3. The van der Waals surface area contributed by atoms with Crippen molar-refractivity contribution >= 4 is 11.3 Å². The summed E-state index contributed by atoms with van der Waals surface area (Å²) in [5.74, 6) is 7.28. The quantitative estimate of drug-likeness (QED) is 0.373. The Kier molecular flexibility index (Phi) is 5.65. The summed E-state index contributed by atoms with van der Waals surface area (Å²) < 4.78 is 8.03. The zero-order chi connectivity index (χ0) is 22.1. The molecule has 2 N–H and O–H groups in total. The number of aromatic nitrogens is 4. The number of nitrogens with two attached hydrogens (primary N) is 1. The molecule has 0 atom stereocenters. The smallest absolute Gasteiger partial charge is 0.368 e. The minimum absolute atomic E-state index is 0.339. The highest BCUT2D eigenvalue weighted by molar-refractivity contribution is 5.91. The summed E-state index contributed by atoms with van der Waals surface area (Å²) in [6.45, 7) is 4.05. The summed E-state index contributed by atoms with van der Waals surface area (Å²) in [7, 11) is 3.27. The second-order valence-corrected chi connectivity index (χ2v) is 7.66. The lowest BCUT2D eigenvalue weighted by molar-refractivity contribution is 0.291. The highest BCUT2D eigenvalue weighted by Crippen LogP contribution is 2.39. The second kappa shape index (κ2) is 8.39. The number of rotatable bonds is 6. The third-order valence-electron chi connectivity index (χ3n) is 6.01. The first-order valence-corrected chi connectivity index (χ1v) is 10.4. The van der Waals surface area contributed by atoms with Crippen molar-refractivity contribution in [1.29, 1.82) is 0 Å². The summed E-state index contributed by atoms with van der Waals surface area (Å²) in [4.78, 5) is 18.1. The molecule has 3 aromatic rings. The number of hydrogen-bond acceptors (Lipinski definition) is 6. The van der Waals surface area contributed by atoms with Gasteiger partial charge in [-0.3, -0.25) is 0 Å². The van der Waals surface area contributed by atoms with E-state index in [0.29, 0.717) is 11.4 Å². The number of ether oxygens (including phenoxy) is 1. The molecule has 2 aromatic carbocycles. The van der Waals surface area contributed by atoms with Crippen LogP contribution in [0.4, 0.5) is 0 Å². The summed E-state index contributed by atoms with van der Waals surface area (Å²) >= 11 is 0. The number of benzene rings is 2. The van der Waals surface area contributed by atoms with E-state index in [0.717, 1.165) is 53.7 Å². The molecule has 0 unspecified atom stereocenters. The van der Waals surface area contributed by atoms with Crippen LogP contribution in [0.1, 0.15) is 48.1 Å². The molecule has 0 aliphatic heterocycles. The molecule has 0 saturated heterocycles. The maximum atomic E-state index is 12.6. The van der Waals surface area contributed by atoms with Crippen LogP contribution in [-0.4, -0.2) is 26.9 Å². The molecular formula is C23H27N5O3. The van der Waals surface area contributed by atoms with Gasteiger partial charge in [-0.05, 0) is 77.4 Å². The van der Waals surface area contributed by atoms with E-state index in [9.17, 15) is 4.79 Å². The Bertz CT molecular complexity index is 1220. The fourth-order valence-corrected chi connectivity index (χ4v) is 4.46. The van der Waals surface area contributed by atoms with Crippen molar-refractivity contribution in [2.75, 3.05) is 7.11 Å². The molecule has 0 amide bonds. The molecule has 0 saturated carbocycles. The van der Waals surface area contributed by atoms with Gasteiger partial charge in [-0.2, -0.15) is 15.3 Å². The Labute approximate surface area is 180 Å². The number of nitrogens with zero attached hydrogens (tertiary/aromatic N) is 4. The van der Waals surface area contributed by atoms with Gasteiger partial charge in [-0.1, -0.05) is 25.1 Å². The van der Waals surface area contributed by atoms with Crippen molar-refractivity contribution in [3.63, 3.8) is 0 Å². The summed E-state index contributed by atoms with van der Waals surface area (Å²) in [5, 5.41) is 7.89. The van der Waals surface area contributed by atoms with Gasteiger partial charge in [0.05, 0.1) is 12.8 Å². The van der Waals surface area contributed by atoms with Crippen LogP contribution in [0.25, 0.3) is 17.0 Å². The Morgan fingerprint density at radius 3 is 2.58 bits per heavy atom. The molecule has 1 aliphatic carbocycles. The Balaban J connectivity index is 1.99. The van der Waals surface area contributed by atoms with Gasteiger partial charge in [0.15, 0.2) is 5.76 Å². The number of fused-ring (bicyclic) bond motifs is 1. The van der Waals surface area contributed by atoms with Gasteiger partial charge in [-0.15, -0.1) is 0 Å². The first-order valence-electron chi connectivity index (χ1n) is 10.4.